The standard InChI is InChI=1S/C13H18N2O2/c1-9(11-5-6-11)15-13(17)14-8-10-3-2-4-12(16)7-10/h2-4,7,9,11,16H,5-6,8H2,1H3,(H2,14,15,17). The lowest BCUT2D eigenvalue weighted by Gasteiger charge is -2.13. The minimum atomic E-state index is -0.146. The number of amides is 2. The monoisotopic (exact) mass is 234 g/mol. The molecule has 0 saturated heterocycles. The molecule has 0 heterocycles. The number of nitrogens with one attached hydrogen (secondary N) is 2. The lowest BCUT2D eigenvalue weighted by molar-refractivity contribution is 0.236. The SMILES string of the molecule is CC(NC(=O)NCc1cccc(O)c1)C1CC1. The van der Waals surface area contributed by atoms with Crippen molar-refractivity contribution in [2.45, 2.75) is 32.4 Å². The molecule has 1 aliphatic rings. The Kier molecular flexibility index (Phi) is 3.52. The molecule has 0 bridgehead atoms. The summed E-state index contributed by atoms with van der Waals surface area (Å²) in [5.74, 6) is 0.873. The molecule has 0 aromatic heterocycles. The van der Waals surface area contributed by atoms with Crippen molar-refractivity contribution in [2.75, 3.05) is 0 Å². The molecule has 4 nitrogen and oxygen atoms in total. The predicted molar refractivity (Wildman–Crippen MR) is 65.7 cm³/mol. The average molecular weight is 234 g/mol. The van der Waals surface area contributed by atoms with Crippen molar-refractivity contribution in [3.63, 3.8) is 0 Å². The van der Waals surface area contributed by atoms with Gasteiger partial charge in [0.05, 0.1) is 0 Å². The van der Waals surface area contributed by atoms with Crippen LogP contribution in [-0.4, -0.2) is 17.2 Å². The van der Waals surface area contributed by atoms with Crippen molar-refractivity contribution in [3.8, 4) is 5.75 Å². The summed E-state index contributed by atoms with van der Waals surface area (Å²) in [7, 11) is 0. The molecule has 1 aliphatic carbocycles. The van der Waals surface area contributed by atoms with Crippen LogP contribution in [0.25, 0.3) is 0 Å². The molecule has 2 rings (SSSR count). The number of carbonyl (C=O) groups excluding carboxylic acids is 1. The molecule has 92 valence electrons. The molecule has 1 saturated carbocycles. The maximum Gasteiger partial charge on any atom is 0.315 e. The highest BCUT2D eigenvalue weighted by atomic mass is 16.3. The van der Waals surface area contributed by atoms with E-state index in [4.69, 9.17) is 0 Å². The van der Waals surface area contributed by atoms with E-state index in [0.717, 1.165) is 5.56 Å². The van der Waals surface area contributed by atoms with Gasteiger partial charge in [-0.1, -0.05) is 12.1 Å². The number of carbonyl (C=O) groups is 1. The summed E-state index contributed by atoms with van der Waals surface area (Å²) in [5.41, 5.74) is 0.888. The van der Waals surface area contributed by atoms with Gasteiger partial charge in [-0.05, 0) is 43.4 Å². The van der Waals surface area contributed by atoms with Crippen LogP contribution in [-0.2, 0) is 6.54 Å². The molecular formula is C13H18N2O2. The first-order valence-corrected chi connectivity index (χ1v) is 5.97. The maximum atomic E-state index is 11.6. The fourth-order valence-electron chi connectivity index (χ4n) is 1.82. The summed E-state index contributed by atoms with van der Waals surface area (Å²) in [6.07, 6.45) is 2.43. The van der Waals surface area contributed by atoms with Crippen LogP contribution in [0, 0.1) is 5.92 Å². The van der Waals surface area contributed by atoms with Crippen LogP contribution in [0.4, 0.5) is 4.79 Å². The molecule has 1 aromatic rings. The smallest absolute Gasteiger partial charge is 0.315 e. The van der Waals surface area contributed by atoms with Crippen molar-refractivity contribution < 1.29 is 9.90 Å². The number of aromatic hydroxyl groups is 1. The molecule has 0 aliphatic heterocycles. The number of hydrogen-bond acceptors (Lipinski definition) is 2. The Morgan fingerprint density at radius 1 is 1.53 bits per heavy atom. The van der Waals surface area contributed by atoms with Gasteiger partial charge in [0.1, 0.15) is 5.75 Å². The van der Waals surface area contributed by atoms with E-state index in [-0.39, 0.29) is 17.8 Å². The van der Waals surface area contributed by atoms with E-state index in [1.165, 1.54) is 12.8 Å². The fourth-order valence-corrected chi connectivity index (χ4v) is 1.82. The van der Waals surface area contributed by atoms with E-state index in [1.54, 1.807) is 18.2 Å². The van der Waals surface area contributed by atoms with E-state index >= 15 is 0 Å². The van der Waals surface area contributed by atoms with Crippen molar-refractivity contribution in [2.24, 2.45) is 5.92 Å². The van der Waals surface area contributed by atoms with Crippen molar-refractivity contribution >= 4 is 6.03 Å². The predicted octanol–water partition coefficient (Wildman–Crippen LogP) is 1.99. The minimum absolute atomic E-state index is 0.146. The van der Waals surface area contributed by atoms with E-state index in [9.17, 15) is 9.90 Å². The van der Waals surface area contributed by atoms with Gasteiger partial charge in [-0.3, -0.25) is 0 Å². The molecule has 1 fully saturated rings. The summed E-state index contributed by atoms with van der Waals surface area (Å²) in [6, 6.07) is 6.98. The molecule has 1 unspecified atom stereocenters. The minimum Gasteiger partial charge on any atom is -0.508 e. The highest BCUT2D eigenvalue weighted by Crippen LogP contribution is 2.32. The number of urea groups is 1. The third-order valence-electron chi connectivity index (χ3n) is 3.05. The van der Waals surface area contributed by atoms with Crippen molar-refractivity contribution in [3.05, 3.63) is 29.8 Å². The second-order valence-electron chi connectivity index (χ2n) is 4.62. The van der Waals surface area contributed by atoms with Crippen LogP contribution in [0.15, 0.2) is 24.3 Å². The molecule has 1 atom stereocenters. The van der Waals surface area contributed by atoms with Gasteiger partial charge in [0.15, 0.2) is 0 Å². The molecule has 3 N–H and O–H groups in total. The summed E-state index contributed by atoms with van der Waals surface area (Å²) in [5, 5.41) is 15.0. The third kappa shape index (κ3) is 3.66. The molecule has 0 radical (unpaired) electrons. The molecule has 0 spiro atoms. The maximum absolute atomic E-state index is 11.6. The zero-order valence-corrected chi connectivity index (χ0v) is 9.94. The Morgan fingerprint density at radius 2 is 2.29 bits per heavy atom. The number of phenolic OH excluding ortho intramolecular Hbond substituents is 1. The van der Waals surface area contributed by atoms with Crippen LogP contribution in [0.1, 0.15) is 25.3 Å². The summed E-state index contributed by atoms with van der Waals surface area (Å²) in [6.45, 7) is 2.46. The van der Waals surface area contributed by atoms with Gasteiger partial charge in [0, 0.05) is 12.6 Å². The number of phenols is 1. The van der Waals surface area contributed by atoms with Gasteiger partial charge < -0.3 is 15.7 Å². The fraction of sp³-hybridized carbons (Fsp3) is 0.462. The number of hydrogen-bond donors (Lipinski definition) is 3. The van der Waals surface area contributed by atoms with Crippen molar-refractivity contribution in [1.82, 2.24) is 10.6 Å². The Morgan fingerprint density at radius 3 is 2.94 bits per heavy atom. The first kappa shape index (κ1) is 11.8. The Hall–Kier alpha value is -1.71. The van der Waals surface area contributed by atoms with Gasteiger partial charge in [-0.25, -0.2) is 4.79 Å². The largest absolute Gasteiger partial charge is 0.508 e. The highest BCUT2D eigenvalue weighted by molar-refractivity contribution is 5.74. The first-order valence-electron chi connectivity index (χ1n) is 5.97. The lowest BCUT2D eigenvalue weighted by Crippen LogP contribution is -2.41. The number of rotatable bonds is 4. The Balaban J connectivity index is 1.75. The van der Waals surface area contributed by atoms with Gasteiger partial charge in [0.25, 0.3) is 0 Å². The zero-order valence-electron chi connectivity index (χ0n) is 9.94. The van der Waals surface area contributed by atoms with Crippen LogP contribution < -0.4 is 10.6 Å². The first-order chi connectivity index (χ1) is 8.15. The van der Waals surface area contributed by atoms with E-state index in [0.29, 0.717) is 12.5 Å². The van der Waals surface area contributed by atoms with Gasteiger partial charge in [0.2, 0.25) is 0 Å². The zero-order chi connectivity index (χ0) is 12.3. The molecule has 17 heavy (non-hydrogen) atoms. The summed E-state index contributed by atoms with van der Waals surface area (Å²) < 4.78 is 0. The second kappa shape index (κ2) is 5.08. The van der Waals surface area contributed by atoms with E-state index in [1.807, 2.05) is 13.0 Å². The van der Waals surface area contributed by atoms with E-state index < -0.39 is 0 Å². The van der Waals surface area contributed by atoms with Gasteiger partial charge in [-0.2, -0.15) is 0 Å². The average Bonchev–Trinajstić information content (AvgIpc) is 3.10. The quantitative estimate of drug-likeness (QED) is 0.746. The lowest BCUT2D eigenvalue weighted by atomic mass is 10.2. The van der Waals surface area contributed by atoms with Gasteiger partial charge in [-0.15, -0.1) is 0 Å². The summed E-state index contributed by atoms with van der Waals surface area (Å²) in [4.78, 5) is 11.6. The topological polar surface area (TPSA) is 61.4 Å². The highest BCUT2D eigenvalue weighted by Gasteiger charge is 2.28. The summed E-state index contributed by atoms with van der Waals surface area (Å²) >= 11 is 0. The molecule has 1 aromatic carbocycles. The molecular weight excluding hydrogens is 216 g/mol. The van der Waals surface area contributed by atoms with Gasteiger partial charge >= 0.3 is 6.03 Å². The van der Waals surface area contributed by atoms with Crippen LogP contribution >= 0.6 is 0 Å². The Labute approximate surface area is 101 Å². The Bertz CT molecular complexity index is 402. The van der Waals surface area contributed by atoms with Crippen LogP contribution in [0.5, 0.6) is 5.75 Å². The number of benzene rings is 1. The van der Waals surface area contributed by atoms with Crippen LogP contribution in [0.2, 0.25) is 0 Å². The third-order valence-corrected chi connectivity index (χ3v) is 3.05. The normalized spacial score (nSPS) is 16.3. The second-order valence-corrected chi connectivity index (χ2v) is 4.62. The van der Waals surface area contributed by atoms with Crippen molar-refractivity contribution in [1.29, 1.82) is 0 Å². The molecule has 2 amide bonds. The van der Waals surface area contributed by atoms with E-state index in [2.05, 4.69) is 10.6 Å². The van der Waals surface area contributed by atoms with Crippen LogP contribution in [0.3, 0.4) is 0 Å². The molecule has 4 heteroatoms.